The molecule has 0 heterocycles. The van der Waals surface area contributed by atoms with E-state index in [0.717, 1.165) is 27.1 Å². The Bertz CT molecular complexity index is 1360. The zero-order valence-electron chi connectivity index (χ0n) is 16.4. The minimum Gasteiger partial charge on any atom is -0.508 e. The van der Waals surface area contributed by atoms with Gasteiger partial charge >= 0.3 is 0 Å². The van der Waals surface area contributed by atoms with Gasteiger partial charge in [0.1, 0.15) is 11.5 Å². The van der Waals surface area contributed by atoms with E-state index in [-0.39, 0.29) is 11.5 Å². The van der Waals surface area contributed by atoms with Gasteiger partial charge in [0.15, 0.2) is 0 Å². The lowest BCUT2D eigenvalue weighted by Gasteiger charge is -2.24. The average Bonchev–Trinajstić information content (AvgIpc) is 2.79. The van der Waals surface area contributed by atoms with Crippen LogP contribution in [0.1, 0.15) is 22.6 Å². The van der Waals surface area contributed by atoms with E-state index >= 15 is 0 Å². The number of aromatic hydroxyl groups is 2. The SMILES string of the molecule is Oc1ccc2ccccc2c1C(c1ccc(Cl)c(Cl)c1)c1c(O)ccc2ccccc12. The highest BCUT2D eigenvalue weighted by Gasteiger charge is 2.27. The van der Waals surface area contributed by atoms with E-state index in [1.54, 1.807) is 24.3 Å². The summed E-state index contributed by atoms with van der Waals surface area (Å²) in [5, 5.41) is 26.8. The van der Waals surface area contributed by atoms with E-state index in [1.807, 2.05) is 66.7 Å². The summed E-state index contributed by atoms with van der Waals surface area (Å²) in [6.07, 6.45) is 0. The molecule has 152 valence electrons. The molecule has 0 radical (unpaired) electrons. The summed E-state index contributed by atoms with van der Waals surface area (Å²) in [7, 11) is 0. The van der Waals surface area contributed by atoms with Crippen molar-refractivity contribution in [2.45, 2.75) is 5.92 Å². The monoisotopic (exact) mass is 444 g/mol. The van der Waals surface area contributed by atoms with Crippen LogP contribution >= 0.6 is 23.2 Å². The van der Waals surface area contributed by atoms with Crippen LogP contribution in [0.5, 0.6) is 11.5 Å². The van der Waals surface area contributed by atoms with Crippen LogP contribution in [0.3, 0.4) is 0 Å². The van der Waals surface area contributed by atoms with Crippen LogP contribution in [0.25, 0.3) is 21.5 Å². The third-order valence-electron chi connectivity index (χ3n) is 5.75. The first-order chi connectivity index (χ1) is 15.0. The van der Waals surface area contributed by atoms with Crippen molar-refractivity contribution in [2.75, 3.05) is 0 Å². The van der Waals surface area contributed by atoms with Gasteiger partial charge in [-0.3, -0.25) is 0 Å². The maximum atomic E-state index is 11.0. The average molecular weight is 445 g/mol. The molecule has 0 aliphatic rings. The summed E-state index contributed by atoms with van der Waals surface area (Å²) in [6.45, 7) is 0. The molecule has 5 aromatic rings. The van der Waals surface area contributed by atoms with Crippen LogP contribution in [-0.4, -0.2) is 10.2 Å². The Labute approximate surface area is 189 Å². The number of hydrogen-bond acceptors (Lipinski definition) is 2. The fourth-order valence-electron chi connectivity index (χ4n) is 4.34. The molecule has 0 aromatic heterocycles. The molecule has 0 saturated carbocycles. The Kier molecular flexibility index (Phi) is 4.97. The first-order valence-electron chi connectivity index (χ1n) is 9.91. The molecular weight excluding hydrogens is 427 g/mol. The van der Waals surface area contributed by atoms with E-state index in [4.69, 9.17) is 23.2 Å². The standard InChI is InChI=1S/C27H18Cl2O2/c28-21-12-9-18(15-22(21)29)25(26-19-7-3-1-5-16(19)10-13-23(26)30)27-20-8-4-2-6-17(20)11-14-24(27)31/h1-15,25,30-31H. The third kappa shape index (κ3) is 3.38. The number of phenols is 2. The summed E-state index contributed by atoms with van der Waals surface area (Å²) in [5.74, 6) is -0.156. The Morgan fingerprint density at radius 3 is 1.58 bits per heavy atom. The molecule has 0 atom stereocenters. The van der Waals surface area contributed by atoms with Gasteiger partial charge in [-0.2, -0.15) is 0 Å². The van der Waals surface area contributed by atoms with Gasteiger partial charge in [-0.1, -0.05) is 89.9 Å². The Morgan fingerprint density at radius 2 is 1.06 bits per heavy atom. The van der Waals surface area contributed by atoms with Crippen molar-refractivity contribution in [3.63, 3.8) is 0 Å². The molecule has 31 heavy (non-hydrogen) atoms. The van der Waals surface area contributed by atoms with Crippen LogP contribution in [0.4, 0.5) is 0 Å². The number of halogens is 2. The van der Waals surface area contributed by atoms with E-state index < -0.39 is 5.92 Å². The first-order valence-corrected chi connectivity index (χ1v) is 10.7. The molecule has 0 bridgehead atoms. The maximum Gasteiger partial charge on any atom is 0.120 e. The second kappa shape index (κ2) is 7.81. The normalized spacial score (nSPS) is 11.5. The van der Waals surface area contributed by atoms with E-state index in [2.05, 4.69) is 0 Å². The van der Waals surface area contributed by atoms with Gasteiger partial charge in [0.25, 0.3) is 0 Å². The lowest BCUT2D eigenvalue weighted by molar-refractivity contribution is 0.460. The number of hydrogen-bond donors (Lipinski definition) is 2. The van der Waals surface area contributed by atoms with Gasteiger partial charge < -0.3 is 10.2 Å². The summed E-state index contributed by atoms with van der Waals surface area (Å²) in [6, 6.07) is 28.4. The summed E-state index contributed by atoms with van der Waals surface area (Å²) < 4.78 is 0. The van der Waals surface area contributed by atoms with Crippen LogP contribution < -0.4 is 0 Å². The Morgan fingerprint density at radius 1 is 0.548 bits per heavy atom. The van der Waals surface area contributed by atoms with Crippen molar-refractivity contribution in [2.24, 2.45) is 0 Å². The fraction of sp³-hybridized carbons (Fsp3) is 0.0370. The third-order valence-corrected chi connectivity index (χ3v) is 6.49. The number of fused-ring (bicyclic) bond motifs is 2. The first kappa shape index (κ1) is 19.7. The molecule has 0 aliphatic carbocycles. The molecule has 4 heteroatoms. The molecule has 0 spiro atoms. The summed E-state index contributed by atoms with van der Waals surface area (Å²) >= 11 is 12.6. The molecule has 2 nitrogen and oxygen atoms in total. The quantitative estimate of drug-likeness (QED) is 0.277. The lowest BCUT2D eigenvalue weighted by atomic mass is 9.80. The fourth-order valence-corrected chi connectivity index (χ4v) is 4.65. The molecular formula is C27H18Cl2O2. The van der Waals surface area contributed by atoms with E-state index in [0.29, 0.717) is 21.2 Å². The highest BCUT2D eigenvalue weighted by molar-refractivity contribution is 6.42. The van der Waals surface area contributed by atoms with Gasteiger partial charge in [0.05, 0.1) is 10.0 Å². The second-order valence-electron chi connectivity index (χ2n) is 7.55. The second-order valence-corrected chi connectivity index (χ2v) is 8.36. The number of phenolic OH excluding ortho intramolecular Hbond substituents is 2. The summed E-state index contributed by atoms with van der Waals surface area (Å²) in [5.41, 5.74) is 2.25. The van der Waals surface area contributed by atoms with Crippen LogP contribution in [0.2, 0.25) is 10.0 Å². The highest BCUT2D eigenvalue weighted by Crippen LogP contribution is 2.47. The number of rotatable bonds is 3. The van der Waals surface area contributed by atoms with E-state index in [9.17, 15) is 10.2 Å². The van der Waals surface area contributed by atoms with Crippen molar-refractivity contribution in [3.05, 3.63) is 118 Å². The Balaban J connectivity index is 1.93. The van der Waals surface area contributed by atoms with Crippen LogP contribution in [0.15, 0.2) is 91.0 Å². The molecule has 5 rings (SSSR count). The topological polar surface area (TPSA) is 40.5 Å². The lowest BCUT2D eigenvalue weighted by Crippen LogP contribution is -2.06. The van der Waals surface area contributed by atoms with Gasteiger partial charge in [-0.25, -0.2) is 0 Å². The van der Waals surface area contributed by atoms with Crippen molar-refractivity contribution < 1.29 is 10.2 Å². The van der Waals surface area contributed by atoms with Crippen molar-refractivity contribution in [3.8, 4) is 11.5 Å². The molecule has 0 saturated heterocycles. The van der Waals surface area contributed by atoms with E-state index in [1.165, 1.54) is 0 Å². The summed E-state index contributed by atoms with van der Waals surface area (Å²) in [4.78, 5) is 0. The molecule has 2 N–H and O–H groups in total. The van der Waals surface area contributed by atoms with Crippen molar-refractivity contribution in [1.29, 1.82) is 0 Å². The van der Waals surface area contributed by atoms with Gasteiger partial charge in [-0.15, -0.1) is 0 Å². The molecule has 5 aromatic carbocycles. The smallest absolute Gasteiger partial charge is 0.120 e. The molecule has 0 fully saturated rings. The van der Waals surface area contributed by atoms with Crippen molar-refractivity contribution in [1.82, 2.24) is 0 Å². The van der Waals surface area contributed by atoms with Crippen molar-refractivity contribution >= 4 is 44.7 Å². The largest absolute Gasteiger partial charge is 0.508 e. The van der Waals surface area contributed by atoms with Gasteiger partial charge in [-0.05, 0) is 51.4 Å². The predicted octanol–water partition coefficient (Wildman–Crippen LogP) is 7.89. The molecule has 0 aliphatic heterocycles. The van der Waals surface area contributed by atoms with Gasteiger partial charge in [0.2, 0.25) is 0 Å². The molecule has 0 unspecified atom stereocenters. The zero-order valence-corrected chi connectivity index (χ0v) is 17.9. The van der Waals surface area contributed by atoms with Crippen LogP contribution in [0, 0.1) is 0 Å². The minimum atomic E-state index is -0.466. The predicted molar refractivity (Wildman–Crippen MR) is 129 cm³/mol. The maximum absolute atomic E-state index is 11.0. The van der Waals surface area contributed by atoms with Gasteiger partial charge in [0, 0.05) is 17.0 Å². The van der Waals surface area contributed by atoms with Crippen LogP contribution in [-0.2, 0) is 0 Å². The molecule has 0 amide bonds. The highest BCUT2D eigenvalue weighted by atomic mass is 35.5. The zero-order chi connectivity index (χ0) is 21.5. The number of benzene rings is 5. The Hall–Kier alpha value is -3.20. The minimum absolute atomic E-state index is 0.155.